The fourth-order valence-electron chi connectivity index (χ4n) is 13.5. The van der Waals surface area contributed by atoms with Crippen LogP contribution in [0.5, 0.6) is 0 Å². The lowest BCUT2D eigenvalue weighted by Gasteiger charge is -2.40. The lowest BCUT2D eigenvalue weighted by molar-refractivity contribution is 1.35. The van der Waals surface area contributed by atoms with Gasteiger partial charge < -0.3 is 14.4 Å². The predicted molar refractivity (Wildman–Crippen MR) is 337 cm³/mol. The van der Waals surface area contributed by atoms with Crippen LogP contribution in [0.3, 0.4) is 0 Å². The normalized spacial score (nSPS) is 13.8. The molecule has 6 aliphatic rings. The van der Waals surface area contributed by atoms with Gasteiger partial charge >= 0.3 is 20.5 Å². The van der Waals surface area contributed by atoms with Crippen molar-refractivity contribution in [1.29, 1.82) is 0 Å². The van der Waals surface area contributed by atoms with Crippen molar-refractivity contribution >= 4 is 121 Å². The van der Waals surface area contributed by atoms with E-state index in [4.69, 9.17) is 0 Å². The highest BCUT2D eigenvalue weighted by Crippen LogP contribution is 2.48. The molecular weight excluding hydrogens is 939 g/mol. The Balaban J connectivity index is 0.0000000978. The summed E-state index contributed by atoms with van der Waals surface area (Å²) in [4.78, 5) is 7.44. The van der Waals surface area contributed by atoms with Gasteiger partial charge in [0.15, 0.2) is 0 Å². The number of nitrogens with zero attached hydrogens (tertiary/aromatic N) is 3. The Labute approximate surface area is 456 Å². The summed E-state index contributed by atoms with van der Waals surface area (Å²) in [6, 6.07) is 92.5. The van der Waals surface area contributed by atoms with Gasteiger partial charge in [-0.1, -0.05) is 236 Å². The van der Waals surface area contributed by atoms with Gasteiger partial charge in [0.05, 0.1) is 0 Å². The molecule has 0 N–H and O–H groups in total. The molecule has 0 saturated carbocycles. The van der Waals surface area contributed by atoms with Crippen LogP contribution < -0.4 is 36.3 Å². The van der Waals surface area contributed by atoms with Crippen LogP contribution in [-0.2, 0) is 0 Å². The zero-order valence-electron chi connectivity index (χ0n) is 42.8. The third-order valence-corrected chi connectivity index (χ3v) is 16.9. The second kappa shape index (κ2) is 17.9. The van der Waals surface area contributed by atoms with Crippen LogP contribution >= 0.6 is 0 Å². The van der Waals surface area contributed by atoms with Crippen LogP contribution in [0.15, 0.2) is 273 Å². The minimum atomic E-state index is 0.237. The topological polar surface area (TPSA) is 9.72 Å². The van der Waals surface area contributed by atoms with E-state index in [2.05, 4.69) is 306 Å². The van der Waals surface area contributed by atoms with E-state index in [1.165, 1.54) is 133 Å². The molecule has 360 valence electrons. The molecule has 12 aromatic rings. The smallest absolute Gasteiger partial charge is 0.328 e. The SMILES string of the molecule is C1=CN2B(c3ccccc31)c1ccccc1-c1cc3ccccc3cc12.C1=Cc2ccccc2N2B1c1ccccc1-c1c2ccc2ccccc12.C1=Cc2ccccc2N2B1c1ccccc1-c1cc3ccccc3cc12. The largest absolute Gasteiger partial charge is 0.382 e. The average molecular weight is 988 g/mol. The highest BCUT2D eigenvalue weighted by atomic mass is 15.1. The number of rotatable bonds is 0. The van der Waals surface area contributed by atoms with Crippen LogP contribution in [0, 0.1) is 0 Å². The molecule has 0 aromatic heterocycles. The number of hydrogen-bond donors (Lipinski definition) is 0. The molecule has 0 atom stereocenters. The predicted octanol–water partition coefficient (Wildman–Crippen LogP) is 15.3. The molecule has 18 rings (SSSR count). The molecular formula is C72H48B3N3. The van der Waals surface area contributed by atoms with Crippen molar-refractivity contribution in [2.45, 2.75) is 0 Å². The molecule has 0 unspecified atom stereocenters. The summed E-state index contributed by atoms with van der Waals surface area (Å²) < 4.78 is 0. The summed E-state index contributed by atoms with van der Waals surface area (Å²) in [5.41, 5.74) is 23.9. The van der Waals surface area contributed by atoms with Gasteiger partial charge in [-0.15, -0.1) is 0 Å². The molecule has 12 aromatic carbocycles. The summed E-state index contributed by atoms with van der Waals surface area (Å²) in [6.07, 6.45) is 9.01. The fraction of sp³-hybridized carbons (Fsp3) is 0. The van der Waals surface area contributed by atoms with Crippen molar-refractivity contribution in [3.63, 3.8) is 0 Å². The highest BCUT2D eigenvalue weighted by Gasteiger charge is 2.40. The third-order valence-electron chi connectivity index (χ3n) is 16.9. The van der Waals surface area contributed by atoms with E-state index in [1.54, 1.807) is 0 Å². The maximum atomic E-state index is 2.50. The molecule has 0 spiro atoms. The Morgan fingerprint density at radius 3 is 1.37 bits per heavy atom. The first-order valence-corrected chi connectivity index (χ1v) is 27.3. The summed E-state index contributed by atoms with van der Waals surface area (Å²) in [5, 5.41) is 7.78. The Morgan fingerprint density at radius 2 is 0.718 bits per heavy atom. The summed E-state index contributed by atoms with van der Waals surface area (Å²) in [7, 11) is 0. The molecule has 6 aliphatic heterocycles. The summed E-state index contributed by atoms with van der Waals surface area (Å²) in [6.45, 7) is 0.727. The van der Waals surface area contributed by atoms with Crippen molar-refractivity contribution in [2.75, 3.05) is 14.4 Å². The van der Waals surface area contributed by atoms with E-state index < -0.39 is 0 Å². The highest BCUT2D eigenvalue weighted by molar-refractivity contribution is 6.91. The molecule has 0 radical (unpaired) electrons. The first-order valence-electron chi connectivity index (χ1n) is 27.3. The molecule has 0 fully saturated rings. The van der Waals surface area contributed by atoms with Gasteiger partial charge in [0.2, 0.25) is 0 Å². The first kappa shape index (κ1) is 44.5. The Kier molecular flexibility index (Phi) is 10.2. The van der Waals surface area contributed by atoms with Crippen LogP contribution in [0.25, 0.3) is 83.9 Å². The molecule has 0 saturated heterocycles. The van der Waals surface area contributed by atoms with E-state index >= 15 is 0 Å². The van der Waals surface area contributed by atoms with Crippen molar-refractivity contribution in [1.82, 2.24) is 0 Å². The minimum absolute atomic E-state index is 0.237. The first-order chi connectivity index (χ1) is 38.7. The standard InChI is InChI=1S/3C24H16BN/c1-3-9-19-17(7-1)13-14-23-24(19)20-10-4-5-11-21(20)25-16-15-18-8-2-6-12-22(18)26(23)25;1-2-9-19-16-24-21(15-18(19)8-1)20-10-4-5-11-22(20)25-14-13-17-7-3-6-12-23(17)26(24)25;1-2-9-19-16-24-21(15-18(19)8-1)20-10-4-6-12-23(20)25-22-11-5-3-7-17(22)13-14-26(24)25/h3*1-16H. The van der Waals surface area contributed by atoms with Gasteiger partial charge in [-0.25, -0.2) is 0 Å². The van der Waals surface area contributed by atoms with Crippen molar-refractivity contribution < 1.29 is 0 Å². The van der Waals surface area contributed by atoms with E-state index in [1.807, 2.05) is 0 Å². The number of hydrogen-bond acceptors (Lipinski definition) is 3. The lowest BCUT2D eigenvalue weighted by atomic mass is 9.44. The molecule has 6 heteroatoms. The van der Waals surface area contributed by atoms with Crippen molar-refractivity contribution in [2.24, 2.45) is 0 Å². The number of benzene rings is 12. The average Bonchev–Trinajstić information content (AvgIpc) is 3.60. The summed E-state index contributed by atoms with van der Waals surface area (Å²) >= 11 is 0. The Morgan fingerprint density at radius 1 is 0.269 bits per heavy atom. The molecule has 3 nitrogen and oxygen atoms in total. The molecule has 6 heterocycles. The van der Waals surface area contributed by atoms with Crippen LogP contribution in [0.1, 0.15) is 16.7 Å². The van der Waals surface area contributed by atoms with E-state index in [-0.39, 0.29) is 20.5 Å². The van der Waals surface area contributed by atoms with Crippen LogP contribution in [-0.4, -0.2) is 20.5 Å². The number of fused-ring (bicyclic) bond motifs is 28. The molecule has 0 aliphatic carbocycles. The zero-order chi connectivity index (χ0) is 51.3. The maximum Gasteiger partial charge on any atom is 0.328 e. The molecule has 78 heavy (non-hydrogen) atoms. The maximum absolute atomic E-state index is 2.50. The van der Waals surface area contributed by atoms with E-state index in [0.29, 0.717) is 0 Å². The zero-order valence-corrected chi connectivity index (χ0v) is 42.8. The van der Waals surface area contributed by atoms with Gasteiger partial charge in [-0.2, -0.15) is 0 Å². The Bertz CT molecular complexity index is 4470. The third kappa shape index (κ3) is 6.96. The van der Waals surface area contributed by atoms with E-state index in [9.17, 15) is 0 Å². The quantitative estimate of drug-likeness (QED) is 0.140. The van der Waals surface area contributed by atoms with Crippen molar-refractivity contribution in [3.8, 4) is 33.4 Å². The van der Waals surface area contributed by atoms with Crippen LogP contribution in [0.4, 0.5) is 28.4 Å². The monoisotopic (exact) mass is 987 g/mol. The number of para-hydroxylation sites is 2. The van der Waals surface area contributed by atoms with Gasteiger partial charge in [0.1, 0.15) is 0 Å². The Hall–Kier alpha value is -9.77. The second-order valence-corrected chi connectivity index (χ2v) is 21.1. The molecule has 0 bridgehead atoms. The van der Waals surface area contributed by atoms with Gasteiger partial charge in [-0.3, -0.25) is 0 Å². The molecule has 0 amide bonds. The van der Waals surface area contributed by atoms with Gasteiger partial charge in [0.25, 0.3) is 0 Å². The van der Waals surface area contributed by atoms with Crippen molar-refractivity contribution in [3.05, 3.63) is 290 Å². The van der Waals surface area contributed by atoms with E-state index in [0.717, 1.165) is 0 Å². The van der Waals surface area contributed by atoms with Gasteiger partial charge in [0, 0.05) is 45.1 Å². The fourth-order valence-corrected chi connectivity index (χ4v) is 13.5. The minimum Gasteiger partial charge on any atom is -0.382 e. The van der Waals surface area contributed by atoms with Gasteiger partial charge in [-0.05, 0) is 142 Å². The number of anilines is 5. The lowest BCUT2D eigenvalue weighted by Crippen LogP contribution is -2.59. The van der Waals surface area contributed by atoms with Crippen LogP contribution in [0.2, 0.25) is 0 Å². The second-order valence-electron chi connectivity index (χ2n) is 21.1. The summed E-state index contributed by atoms with van der Waals surface area (Å²) in [5.74, 6) is 4.67.